The van der Waals surface area contributed by atoms with Gasteiger partial charge in [0, 0.05) is 13.1 Å². The lowest BCUT2D eigenvalue weighted by Gasteiger charge is -2.28. The fourth-order valence-corrected chi connectivity index (χ4v) is 4.32. The summed E-state index contributed by atoms with van der Waals surface area (Å²) in [5.41, 5.74) is -3.33. The summed E-state index contributed by atoms with van der Waals surface area (Å²) in [5, 5.41) is 9.14. The number of nitrogens with zero attached hydrogens (tertiary/aromatic N) is 1. The van der Waals surface area contributed by atoms with Crippen molar-refractivity contribution in [1.82, 2.24) is 9.03 Å². The Bertz CT molecular complexity index is 922. The second-order valence-corrected chi connectivity index (χ2v) is 8.58. The molecule has 0 aromatic heterocycles. The first-order valence-corrected chi connectivity index (χ1v) is 10.4. The Balaban J connectivity index is 2.05. The van der Waals surface area contributed by atoms with Crippen molar-refractivity contribution >= 4 is 22.1 Å². The molecular formula is C17H19F3N2O6S. The zero-order valence-corrected chi connectivity index (χ0v) is 16.0. The van der Waals surface area contributed by atoms with Gasteiger partial charge in [-0.05, 0) is 44.2 Å². The van der Waals surface area contributed by atoms with Crippen LogP contribution < -0.4 is 9.46 Å². The summed E-state index contributed by atoms with van der Waals surface area (Å²) in [5.74, 6) is -3.75. The molecule has 2 N–H and O–H groups in total. The Kier molecular flexibility index (Phi) is 5.77. The number of aromatic carboxylic acids is 1. The summed E-state index contributed by atoms with van der Waals surface area (Å²) in [6.45, 7) is 0.302. The van der Waals surface area contributed by atoms with E-state index in [1.807, 2.05) is 0 Å². The summed E-state index contributed by atoms with van der Waals surface area (Å²) in [6, 6.07) is 1.11. The third kappa shape index (κ3) is 4.64. The van der Waals surface area contributed by atoms with Gasteiger partial charge in [-0.3, -0.25) is 4.79 Å². The molecule has 3 rings (SSSR count). The lowest BCUT2D eigenvalue weighted by Crippen LogP contribution is -2.42. The second kappa shape index (κ2) is 7.82. The molecular weight excluding hydrogens is 417 g/mol. The van der Waals surface area contributed by atoms with Crippen molar-refractivity contribution < 1.29 is 41.0 Å². The smallest absolute Gasteiger partial charge is 0.417 e. The van der Waals surface area contributed by atoms with E-state index in [0.29, 0.717) is 31.7 Å². The number of carboxylic acids is 1. The van der Waals surface area contributed by atoms with E-state index in [-0.39, 0.29) is 13.1 Å². The van der Waals surface area contributed by atoms with Crippen LogP contribution in [0.2, 0.25) is 0 Å². The molecule has 1 saturated carbocycles. The van der Waals surface area contributed by atoms with Gasteiger partial charge in [-0.25, -0.2) is 9.52 Å². The molecule has 1 aromatic carbocycles. The van der Waals surface area contributed by atoms with Crippen molar-refractivity contribution in [1.29, 1.82) is 0 Å². The van der Waals surface area contributed by atoms with Crippen molar-refractivity contribution in [3.63, 3.8) is 0 Å². The summed E-state index contributed by atoms with van der Waals surface area (Å²) >= 11 is 0. The predicted octanol–water partition coefficient (Wildman–Crippen LogP) is 2.41. The standard InChI is InChI=1S/C17H19F3N2O6S/c18-17(19,20)12-8-10(16(24)25)9-13(28-11-4-3-5-11)14(12)15(23)21-29(26,27)22-6-1-2-7-22/h8-9,11H,1-7H2,(H,21,23)(H,24,25). The first-order valence-electron chi connectivity index (χ1n) is 8.96. The highest BCUT2D eigenvalue weighted by atomic mass is 32.2. The van der Waals surface area contributed by atoms with E-state index >= 15 is 0 Å². The van der Waals surface area contributed by atoms with Crippen molar-refractivity contribution in [2.75, 3.05) is 13.1 Å². The lowest BCUT2D eigenvalue weighted by molar-refractivity contribution is -0.138. The van der Waals surface area contributed by atoms with Crippen LogP contribution in [0.15, 0.2) is 12.1 Å². The molecule has 1 saturated heterocycles. The first kappa shape index (κ1) is 21.4. The van der Waals surface area contributed by atoms with Crippen LogP contribution in [0.4, 0.5) is 13.2 Å². The minimum Gasteiger partial charge on any atom is -0.490 e. The topological polar surface area (TPSA) is 113 Å². The normalized spacial score (nSPS) is 18.3. The van der Waals surface area contributed by atoms with Gasteiger partial charge in [-0.15, -0.1) is 0 Å². The quantitative estimate of drug-likeness (QED) is 0.708. The van der Waals surface area contributed by atoms with E-state index in [1.54, 1.807) is 4.72 Å². The highest BCUT2D eigenvalue weighted by molar-refractivity contribution is 7.87. The predicted molar refractivity (Wildman–Crippen MR) is 93.9 cm³/mol. The Morgan fingerprint density at radius 1 is 1.14 bits per heavy atom. The van der Waals surface area contributed by atoms with E-state index in [1.165, 1.54) is 0 Å². The number of carbonyl (C=O) groups is 2. The minimum absolute atomic E-state index is 0.151. The summed E-state index contributed by atoms with van der Waals surface area (Å²) in [6.07, 6.45) is -2.58. The number of nitrogens with one attached hydrogen (secondary N) is 1. The van der Waals surface area contributed by atoms with E-state index in [2.05, 4.69) is 0 Å². The lowest BCUT2D eigenvalue weighted by atomic mass is 9.95. The number of amides is 1. The monoisotopic (exact) mass is 436 g/mol. The third-order valence-corrected chi connectivity index (χ3v) is 6.34. The molecule has 0 bridgehead atoms. The SMILES string of the molecule is O=C(O)c1cc(OC2CCC2)c(C(=O)NS(=O)(=O)N2CCCC2)c(C(F)(F)F)c1. The summed E-state index contributed by atoms with van der Waals surface area (Å²) in [7, 11) is -4.34. The molecule has 29 heavy (non-hydrogen) atoms. The van der Waals surface area contributed by atoms with Gasteiger partial charge in [0.15, 0.2) is 0 Å². The number of halogens is 3. The second-order valence-electron chi connectivity index (χ2n) is 6.91. The zero-order chi connectivity index (χ0) is 21.4. The molecule has 12 heteroatoms. The van der Waals surface area contributed by atoms with Crippen LogP contribution in [0, 0.1) is 0 Å². The van der Waals surface area contributed by atoms with Gasteiger partial charge in [-0.2, -0.15) is 25.9 Å². The van der Waals surface area contributed by atoms with Gasteiger partial charge < -0.3 is 9.84 Å². The number of rotatable bonds is 6. The zero-order valence-electron chi connectivity index (χ0n) is 15.2. The average Bonchev–Trinajstić information content (AvgIpc) is 3.11. The van der Waals surface area contributed by atoms with E-state index in [9.17, 15) is 31.2 Å². The summed E-state index contributed by atoms with van der Waals surface area (Å²) < 4.78 is 73.6. The van der Waals surface area contributed by atoms with E-state index in [4.69, 9.17) is 9.84 Å². The van der Waals surface area contributed by atoms with Crippen LogP contribution in [-0.2, 0) is 16.4 Å². The van der Waals surface area contributed by atoms with Crippen molar-refractivity contribution in [2.45, 2.75) is 44.4 Å². The molecule has 160 valence electrons. The maximum Gasteiger partial charge on any atom is 0.417 e. The summed E-state index contributed by atoms with van der Waals surface area (Å²) in [4.78, 5) is 23.9. The molecule has 8 nitrogen and oxygen atoms in total. The van der Waals surface area contributed by atoms with Crippen molar-refractivity contribution in [3.05, 3.63) is 28.8 Å². The van der Waals surface area contributed by atoms with Crippen LogP contribution in [0.25, 0.3) is 0 Å². The van der Waals surface area contributed by atoms with Crippen LogP contribution >= 0.6 is 0 Å². The molecule has 1 aliphatic carbocycles. The molecule has 0 unspecified atom stereocenters. The molecule has 1 aromatic rings. The number of ether oxygens (including phenoxy) is 1. The highest BCUT2D eigenvalue weighted by Gasteiger charge is 2.40. The molecule has 0 atom stereocenters. The Labute approximate surface area is 164 Å². The molecule has 1 heterocycles. The van der Waals surface area contributed by atoms with E-state index < -0.39 is 56.8 Å². The van der Waals surface area contributed by atoms with Crippen molar-refractivity contribution in [3.8, 4) is 5.75 Å². The largest absolute Gasteiger partial charge is 0.490 e. The van der Waals surface area contributed by atoms with Gasteiger partial charge in [0.05, 0.1) is 22.8 Å². The van der Waals surface area contributed by atoms with Gasteiger partial charge in [0.2, 0.25) is 0 Å². The molecule has 0 spiro atoms. The first-order chi connectivity index (χ1) is 13.5. The number of hydrogen-bond donors (Lipinski definition) is 2. The Hall–Kier alpha value is -2.34. The van der Waals surface area contributed by atoms with Crippen LogP contribution in [0.3, 0.4) is 0 Å². The number of carboxylic acid groups (broad SMARTS) is 1. The third-order valence-electron chi connectivity index (χ3n) is 4.85. The Morgan fingerprint density at radius 3 is 2.24 bits per heavy atom. The number of hydrogen-bond acceptors (Lipinski definition) is 5. The van der Waals surface area contributed by atoms with E-state index in [0.717, 1.165) is 16.8 Å². The fraction of sp³-hybridized carbons (Fsp3) is 0.529. The minimum atomic E-state index is -5.10. The van der Waals surface area contributed by atoms with Crippen LogP contribution in [0.5, 0.6) is 5.75 Å². The van der Waals surface area contributed by atoms with Gasteiger partial charge in [-0.1, -0.05) is 0 Å². The highest BCUT2D eigenvalue weighted by Crippen LogP contribution is 2.39. The molecule has 0 radical (unpaired) electrons. The molecule has 2 fully saturated rings. The Morgan fingerprint density at radius 2 is 1.76 bits per heavy atom. The van der Waals surface area contributed by atoms with Gasteiger partial charge in [0.25, 0.3) is 5.91 Å². The van der Waals surface area contributed by atoms with Gasteiger partial charge in [0.1, 0.15) is 5.75 Å². The number of carbonyl (C=O) groups excluding carboxylic acids is 1. The maximum atomic E-state index is 13.6. The van der Waals surface area contributed by atoms with Crippen LogP contribution in [-0.4, -0.2) is 48.9 Å². The molecule has 2 aliphatic rings. The maximum absolute atomic E-state index is 13.6. The number of alkyl halides is 3. The molecule has 1 amide bonds. The average molecular weight is 436 g/mol. The molecule has 1 aliphatic heterocycles. The fourth-order valence-electron chi connectivity index (χ4n) is 3.12. The number of benzene rings is 1. The van der Waals surface area contributed by atoms with Crippen molar-refractivity contribution in [2.24, 2.45) is 0 Å². The van der Waals surface area contributed by atoms with Gasteiger partial charge >= 0.3 is 22.4 Å². The van der Waals surface area contributed by atoms with Crippen LogP contribution in [0.1, 0.15) is 58.4 Å².